The third kappa shape index (κ3) is 7.66. The normalized spacial score (nSPS) is 14.8. The summed E-state index contributed by atoms with van der Waals surface area (Å²) in [5.41, 5.74) is 3.41. The molecule has 3 rings (SSSR count). The lowest BCUT2D eigenvalue weighted by atomic mass is 10.1. The first-order valence-electron chi connectivity index (χ1n) is 10.7. The molecule has 31 heavy (non-hydrogen) atoms. The second-order valence-electron chi connectivity index (χ2n) is 7.47. The molecule has 2 aromatic rings. The van der Waals surface area contributed by atoms with Crippen molar-refractivity contribution in [2.45, 2.75) is 26.4 Å². The Morgan fingerprint density at radius 1 is 1.10 bits per heavy atom. The second-order valence-corrected chi connectivity index (χ2v) is 7.47. The van der Waals surface area contributed by atoms with Crippen molar-refractivity contribution in [1.82, 2.24) is 20.5 Å². The van der Waals surface area contributed by atoms with Gasteiger partial charge >= 0.3 is 0 Å². The molecule has 0 spiro atoms. The summed E-state index contributed by atoms with van der Waals surface area (Å²) >= 11 is 0. The van der Waals surface area contributed by atoms with E-state index in [-0.39, 0.29) is 5.91 Å². The minimum Gasteiger partial charge on any atom is -0.379 e. The largest absolute Gasteiger partial charge is 0.379 e. The summed E-state index contributed by atoms with van der Waals surface area (Å²) in [5.74, 6) is 1.16. The molecule has 8 heteroatoms. The summed E-state index contributed by atoms with van der Waals surface area (Å²) in [4.78, 5) is 23.1. The first-order valence-corrected chi connectivity index (χ1v) is 10.7. The summed E-state index contributed by atoms with van der Waals surface area (Å²) in [7, 11) is 1.73. The van der Waals surface area contributed by atoms with Gasteiger partial charge in [-0.05, 0) is 30.2 Å². The highest BCUT2D eigenvalue weighted by Crippen LogP contribution is 2.13. The molecule has 0 saturated carbocycles. The van der Waals surface area contributed by atoms with Crippen LogP contribution in [0.1, 0.15) is 23.2 Å². The monoisotopic (exact) mass is 424 g/mol. The Hall–Kier alpha value is -2.97. The summed E-state index contributed by atoms with van der Waals surface area (Å²) in [6.07, 6.45) is 0.323. The van der Waals surface area contributed by atoms with Gasteiger partial charge < -0.3 is 20.7 Å². The van der Waals surface area contributed by atoms with Gasteiger partial charge in [0.1, 0.15) is 5.82 Å². The van der Waals surface area contributed by atoms with Crippen LogP contribution >= 0.6 is 0 Å². The molecule has 1 saturated heterocycles. The number of aromatic nitrogens is 1. The molecule has 2 heterocycles. The molecular formula is C23H32N6O2. The van der Waals surface area contributed by atoms with Crippen molar-refractivity contribution in [2.75, 3.05) is 45.2 Å². The molecule has 0 unspecified atom stereocenters. The van der Waals surface area contributed by atoms with E-state index in [2.05, 4.69) is 55.1 Å². The van der Waals surface area contributed by atoms with E-state index in [1.165, 1.54) is 11.1 Å². The van der Waals surface area contributed by atoms with Crippen LogP contribution in [0.5, 0.6) is 0 Å². The first-order chi connectivity index (χ1) is 15.1. The minimum atomic E-state index is -0.0862. The average molecular weight is 425 g/mol. The van der Waals surface area contributed by atoms with Gasteiger partial charge in [-0.15, -0.1) is 0 Å². The number of nitrogens with zero attached hydrogens (tertiary/aromatic N) is 3. The number of ether oxygens (including phenoxy) is 1. The number of carbonyl (C=O) groups excluding carboxylic acids is 1. The maximum absolute atomic E-state index is 12.1. The Bertz CT molecular complexity index is 880. The molecule has 1 amide bonds. The number of morpholine rings is 1. The maximum atomic E-state index is 12.1. The van der Waals surface area contributed by atoms with Gasteiger partial charge in [-0.25, -0.2) is 4.98 Å². The van der Waals surface area contributed by atoms with Crippen LogP contribution in [0.3, 0.4) is 0 Å². The SMILES string of the molecule is CN=C(NCCC(=O)Nc1cccc(C)n1)NCc1ccccc1CN1CCOCC1. The number of guanidine groups is 1. The second kappa shape index (κ2) is 12.0. The molecule has 1 aromatic heterocycles. The van der Waals surface area contributed by atoms with Crippen LogP contribution in [-0.4, -0.2) is 61.6 Å². The van der Waals surface area contributed by atoms with E-state index in [1.807, 2.05) is 19.1 Å². The van der Waals surface area contributed by atoms with E-state index in [1.54, 1.807) is 13.1 Å². The van der Waals surface area contributed by atoms with Crippen LogP contribution in [-0.2, 0) is 22.6 Å². The maximum Gasteiger partial charge on any atom is 0.227 e. The quantitative estimate of drug-likeness (QED) is 0.443. The number of aryl methyl sites for hydroxylation is 1. The van der Waals surface area contributed by atoms with Crippen molar-refractivity contribution in [3.63, 3.8) is 0 Å². The summed E-state index contributed by atoms with van der Waals surface area (Å²) in [6, 6.07) is 14.0. The van der Waals surface area contributed by atoms with Crippen LogP contribution in [0, 0.1) is 6.92 Å². The highest BCUT2D eigenvalue weighted by Gasteiger charge is 2.13. The van der Waals surface area contributed by atoms with Crippen molar-refractivity contribution >= 4 is 17.7 Å². The predicted molar refractivity (Wildman–Crippen MR) is 123 cm³/mol. The third-order valence-corrected chi connectivity index (χ3v) is 5.09. The Kier molecular flexibility index (Phi) is 8.81. The molecule has 166 valence electrons. The third-order valence-electron chi connectivity index (χ3n) is 5.09. The van der Waals surface area contributed by atoms with Crippen molar-refractivity contribution in [3.05, 3.63) is 59.3 Å². The van der Waals surface area contributed by atoms with Gasteiger partial charge in [0.2, 0.25) is 5.91 Å². The van der Waals surface area contributed by atoms with Gasteiger partial charge in [0, 0.05) is 51.9 Å². The molecule has 1 fully saturated rings. The molecule has 0 atom stereocenters. The zero-order valence-corrected chi connectivity index (χ0v) is 18.4. The number of carbonyl (C=O) groups is 1. The van der Waals surface area contributed by atoms with E-state index in [9.17, 15) is 4.79 Å². The van der Waals surface area contributed by atoms with Gasteiger partial charge in [0.05, 0.1) is 13.2 Å². The highest BCUT2D eigenvalue weighted by atomic mass is 16.5. The lowest BCUT2D eigenvalue weighted by Gasteiger charge is -2.27. The van der Waals surface area contributed by atoms with E-state index in [0.29, 0.717) is 31.3 Å². The lowest BCUT2D eigenvalue weighted by molar-refractivity contribution is -0.116. The van der Waals surface area contributed by atoms with Crippen molar-refractivity contribution in [2.24, 2.45) is 4.99 Å². The van der Waals surface area contributed by atoms with Crippen LogP contribution in [0.2, 0.25) is 0 Å². The molecule has 0 bridgehead atoms. The Balaban J connectivity index is 1.43. The molecule has 8 nitrogen and oxygen atoms in total. The zero-order chi connectivity index (χ0) is 21.9. The van der Waals surface area contributed by atoms with Crippen molar-refractivity contribution in [3.8, 4) is 0 Å². The zero-order valence-electron chi connectivity index (χ0n) is 18.4. The fourth-order valence-corrected chi connectivity index (χ4v) is 3.40. The van der Waals surface area contributed by atoms with Gasteiger partial charge in [-0.1, -0.05) is 30.3 Å². The van der Waals surface area contributed by atoms with Crippen LogP contribution < -0.4 is 16.0 Å². The molecular weight excluding hydrogens is 392 g/mol. The molecule has 1 aliphatic rings. The van der Waals surface area contributed by atoms with E-state index >= 15 is 0 Å². The number of anilines is 1. The molecule has 1 aromatic carbocycles. The lowest BCUT2D eigenvalue weighted by Crippen LogP contribution is -2.39. The number of aliphatic imine (C=N–C) groups is 1. The molecule has 3 N–H and O–H groups in total. The van der Waals surface area contributed by atoms with Gasteiger partial charge in [0.25, 0.3) is 0 Å². The van der Waals surface area contributed by atoms with Crippen molar-refractivity contribution in [1.29, 1.82) is 0 Å². The smallest absolute Gasteiger partial charge is 0.227 e. The van der Waals surface area contributed by atoms with Crippen LogP contribution in [0.15, 0.2) is 47.5 Å². The van der Waals surface area contributed by atoms with Crippen molar-refractivity contribution < 1.29 is 9.53 Å². The van der Waals surface area contributed by atoms with Gasteiger partial charge in [-0.2, -0.15) is 0 Å². The fourth-order valence-electron chi connectivity index (χ4n) is 3.40. The van der Waals surface area contributed by atoms with Crippen LogP contribution in [0.25, 0.3) is 0 Å². The summed E-state index contributed by atoms with van der Waals surface area (Å²) in [5, 5.41) is 9.36. The Morgan fingerprint density at radius 3 is 2.61 bits per heavy atom. The average Bonchev–Trinajstić information content (AvgIpc) is 2.78. The standard InChI is InChI=1S/C23H32N6O2/c1-18-6-5-9-21(27-18)28-22(30)10-11-25-23(24-2)26-16-19-7-3-4-8-20(19)17-29-12-14-31-15-13-29/h3-9H,10-17H2,1-2H3,(H2,24,25,26)(H,27,28,30). The number of nitrogens with one attached hydrogen (secondary N) is 3. The summed E-state index contributed by atoms with van der Waals surface area (Å²) in [6.45, 7) is 7.48. The van der Waals surface area contributed by atoms with Gasteiger partial charge in [0.15, 0.2) is 5.96 Å². The Labute approximate surface area is 184 Å². The number of hydrogen-bond donors (Lipinski definition) is 3. The number of pyridine rings is 1. The van der Waals surface area contributed by atoms with Crippen LogP contribution in [0.4, 0.5) is 5.82 Å². The number of hydrogen-bond acceptors (Lipinski definition) is 5. The number of rotatable bonds is 8. The van der Waals surface area contributed by atoms with E-state index in [0.717, 1.165) is 38.5 Å². The Morgan fingerprint density at radius 2 is 1.87 bits per heavy atom. The highest BCUT2D eigenvalue weighted by molar-refractivity contribution is 5.90. The molecule has 0 aliphatic carbocycles. The fraction of sp³-hybridized carbons (Fsp3) is 0.435. The predicted octanol–water partition coefficient (Wildman–Crippen LogP) is 1.92. The molecule has 0 radical (unpaired) electrons. The van der Waals surface area contributed by atoms with E-state index in [4.69, 9.17) is 4.74 Å². The first kappa shape index (κ1) is 22.7. The number of amides is 1. The molecule has 1 aliphatic heterocycles. The van der Waals surface area contributed by atoms with E-state index < -0.39 is 0 Å². The summed E-state index contributed by atoms with van der Waals surface area (Å²) < 4.78 is 5.44. The van der Waals surface area contributed by atoms with Gasteiger partial charge in [-0.3, -0.25) is 14.7 Å². The topological polar surface area (TPSA) is 90.9 Å². The number of benzene rings is 1. The minimum absolute atomic E-state index is 0.0862.